The molecule has 0 aliphatic rings. The largest absolute Gasteiger partial charge is 0.449 e. The van der Waals surface area contributed by atoms with E-state index in [1.165, 1.54) is 31.3 Å². The number of rotatable bonds is 4. The summed E-state index contributed by atoms with van der Waals surface area (Å²) in [6.45, 7) is 1.44. The number of anilines is 1. The van der Waals surface area contributed by atoms with Crippen LogP contribution in [0, 0.1) is 0 Å². The van der Waals surface area contributed by atoms with Crippen molar-refractivity contribution in [3.63, 3.8) is 0 Å². The Morgan fingerprint density at radius 1 is 1.17 bits per heavy atom. The number of carbonyl (C=O) groups excluding carboxylic acids is 2. The fourth-order valence-electron chi connectivity index (χ4n) is 1.64. The van der Waals surface area contributed by atoms with Gasteiger partial charge in [0.15, 0.2) is 6.10 Å². The van der Waals surface area contributed by atoms with Gasteiger partial charge in [0.05, 0.1) is 16.3 Å². The summed E-state index contributed by atoms with van der Waals surface area (Å²) < 4.78 is 5.08. The fourth-order valence-corrected chi connectivity index (χ4v) is 2.27. The van der Waals surface area contributed by atoms with E-state index in [0.29, 0.717) is 10.7 Å². The van der Waals surface area contributed by atoms with Crippen molar-refractivity contribution in [1.29, 1.82) is 0 Å². The first-order valence-electron chi connectivity index (χ1n) is 6.45. The van der Waals surface area contributed by atoms with Gasteiger partial charge in [0.2, 0.25) is 0 Å². The highest BCUT2D eigenvalue weighted by molar-refractivity contribution is 6.36. The van der Waals surface area contributed by atoms with Gasteiger partial charge in [0.25, 0.3) is 5.91 Å². The van der Waals surface area contributed by atoms with Crippen molar-refractivity contribution in [3.05, 3.63) is 57.3 Å². The number of halogens is 3. The lowest BCUT2D eigenvalue weighted by Gasteiger charge is -2.14. The van der Waals surface area contributed by atoms with Gasteiger partial charge in [-0.05, 0) is 37.3 Å². The van der Waals surface area contributed by atoms with Crippen molar-refractivity contribution < 1.29 is 14.3 Å². The normalized spacial score (nSPS) is 11.7. The molecule has 1 heterocycles. The number of nitrogens with one attached hydrogen (secondary N) is 1. The highest BCUT2D eigenvalue weighted by Crippen LogP contribution is 2.25. The summed E-state index contributed by atoms with van der Waals surface area (Å²) in [5.41, 5.74) is 0.574. The molecule has 1 aromatic carbocycles. The van der Waals surface area contributed by atoms with Crippen LogP contribution in [0.25, 0.3) is 0 Å². The van der Waals surface area contributed by atoms with Crippen molar-refractivity contribution in [2.75, 3.05) is 5.32 Å². The van der Waals surface area contributed by atoms with E-state index in [0.717, 1.165) is 0 Å². The second-order valence-corrected chi connectivity index (χ2v) is 5.76. The number of nitrogens with zero attached hydrogens (tertiary/aromatic N) is 1. The van der Waals surface area contributed by atoms with E-state index in [4.69, 9.17) is 39.5 Å². The zero-order valence-electron chi connectivity index (χ0n) is 11.8. The van der Waals surface area contributed by atoms with Crippen LogP contribution >= 0.6 is 34.8 Å². The summed E-state index contributed by atoms with van der Waals surface area (Å²) in [7, 11) is 0. The molecule has 2 rings (SSSR count). The van der Waals surface area contributed by atoms with Gasteiger partial charge in [-0.25, -0.2) is 9.78 Å². The molecule has 0 saturated carbocycles. The second-order valence-electron chi connectivity index (χ2n) is 4.53. The van der Waals surface area contributed by atoms with E-state index >= 15 is 0 Å². The Morgan fingerprint density at radius 2 is 1.91 bits per heavy atom. The van der Waals surface area contributed by atoms with E-state index < -0.39 is 18.0 Å². The minimum Gasteiger partial charge on any atom is -0.449 e. The molecule has 1 aromatic heterocycles. The first-order chi connectivity index (χ1) is 10.9. The average molecular weight is 374 g/mol. The topological polar surface area (TPSA) is 68.3 Å². The van der Waals surface area contributed by atoms with E-state index in [9.17, 15) is 9.59 Å². The Labute approximate surface area is 147 Å². The van der Waals surface area contributed by atoms with Crippen LogP contribution in [0.4, 0.5) is 5.69 Å². The molecule has 1 N–H and O–H groups in total. The Morgan fingerprint density at radius 3 is 2.57 bits per heavy atom. The molecule has 5 nitrogen and oxygen atoms in total. The zero-order chi connectivity index (χ0) is 17.0. The molecule has 0 aliphatic carbocycles. The minimum absolute atomic E-state index is 0.157. The smallest absolute Gasteiger partial charge is 0.339 e. The quantitative estimate of drug-likeness (QED) is 0.643. The van der Waals surface area contributed by atoms with E-state index in [2.05, 4.69) is 10.3 Å². The molecular formula is C15H11Cl3N2O3. The lowest BCUT2D eigenvalue weighted by atomic mass is 10.2. The minimum atomic E-state index is -1.03. The lowest BCUT2D eigenvalue weighted by Crippen LogP contribution is -2.30. The molecule has 1 unspecified atom stereocenters. The summed E-state index contributed by atoms with van der Waals surface area (Å²) in [5.74, 6) is -1.21. The Bertz CT molecular complexity index is 752. The molecule has 0 radical (unpaired) electrons. The monoisotopic (exact) mass is 372 g/mol. The van der Waals surface area contributed by atoms with E-state index in [-0.39, 0.29) is 15.7 Å². The van der Waals surface area contributed by atoms with Gasteiger partial charge in [-0.15, -0.1) is 0 Å². The number of pyridine rings is 1. The van der Waals surface area contributed by atoms with Crippen LogP contribution in [0.15, 0.2) is 36.5 Å². The standard InChI is InChI=1S/C15H11Cl3N2O3/c1-8(23-15(22)9-4-5-19-13(18)6-9)14(21)20-12-3-2-10(16)7-11(12)17/h2-8H,1H3,(H,20,21). The van der Waals surface area contributed by atoms with Crippen molar-refractivity contribution in [2.45, 2.75) is 13.0 Å². The Kier molecular flexibility index (Phi) is 5.82. The van der Waals surface area contributed by atoms with Crippen LogP contribution in [0.3, 0.4) is 0 Å². The van der Waals surface area contributed by atoms with Crippen LogP contribution in [0.2, 0.25) is 15.2 Å². The van der Waals surface area contributed by atoms with E-state index in [1.807, 2.05) is 0 Å². The van der Waals surface area contributed by atoms with Crippen LogP contribution in [-0.2, 0) is 9.53 Å². The van der Waals surface area contributed by atoms with Crippen LogP contribution in [-0.4, -0.2) is 23.0 Å². The van der Waals surface area contributed by atoms with Gasteiger partial charge in [0, 0.05) is 11.2 Å². The van der Waals surface area contributed by atoms with Gasteiger partial charge >= 0.3 is 5.97 Å². The molecule has 0 fully saturated rings. The first kappa shape index (κ1) is 17.5. The molecule has 23 heavy (non-hydrogen) atoms. The predicted octanol–water partition coefficient (Wildman–Crippen LogP) is 4.23. The van der Waals surface area contributed by atoms with Crippen LogP contribution in [0.1, 0.15) is 17.3 Å². The summed E-state index contributed by atoms with van der Waals surface area (Å²) in [5, 5.41) is 3.45. The number of hydrogen-bond donors (Lipinski definition) is 1. The summed E-state index contributed by atoms with van der Waals surface area (Å²) in [4.78, 5) is 27.8. The van der Waals surface area contributed by atoms with E-state index in [1.54, 1.807) is 12.1 Å². The summed E-state index contributed by atoms with van der Waals surface area (Å²) in [6, 6.07) is 7.42. The summed E-state index contributed by atoms with van der Waals surface area (Å²) >= 11 is 17.5. The van der Waals surface area contributed by atoms with Crippen molar-refractivity contribution in [3.8, 4) is 0 Å². The molecule has 2 aromatic rings. The van der Waals surface area contributed by atoms with Crippen LogP contribution in [0.5, 0.6) is 0 Å². The first-order valence-corrected chi connectivity index (χ1v) is 7.58. The van der Waals surface area contributed by atoms with Crippen molar-refractivity contribution in [1.82, 2.24) is 4.98 Å². The maximum absolute atomic E-state index is 12.1. The fraction of sp³-hybridized carbons (Fsp3) is 0.133. The molecule has 0 saturated heterocycles. The molecule has 1 atom stereocenters. The average Bonchev–Trinajstić information content (AvgIpc) is 2.49. The molecule has 0 aliphatic heterocycles. The number of ether oxygens (including phenoxy) is 1. The second kappa shape index (κ2) is 7.64. The molecule has 1 amide bonds. The highest BCUT2D eigenvalue weighted by atomic mass is 35.5. The maximum Gasteiger partial charge on any atom is 0.339 e. The van der Waals surface area contributed by atoms with Gasteiger partial charge in [-0.3, -0.25) is 4.79 Å². The van der Waals surface area contributed by atoms with Gasteiger partial charge in [0.1, 0.15) is 5.15 Å². The SMILES string of the molecule is CC(OC(=O)c1ccnc(Cl)c1)C(=O)Nc1ccc(Cl)cc1Cl. The zero-order valence-corrected chi connectivity index (χ0v) is 14.1. The maximum atomic E-state index is 12.1. The lowest BCUT2D eigenvalue weighted by molar-refractivity contribution is -0.123. The Hall–Kier alpha value is -1.82. The summed E-state index contributed by atoms with van der Waals surface area (Å²) in [6.07, 6.45) is 0.345. The Balaban J connectivity index is 2.01. The molecule has 0 bridgehead atoms. The number of hydrogen-bond acceptors (Lipinski definition) is 4. The van der Waals surface area contributed by atoms with Crippen molar-refractivity contribution >= 4 is 52.4 Å². The molecule has 8 heteroatoms. The third-order valence-corrected chi connectivity index (χ3v) is 3.56. The number of aromatic nitrogens is 1. The number of carbonyl (C=O) groups is 2. The molecular weight excluding hydrogens is 363 g/mol. The predicted molar refractivity (Wildman–Crippen MR) is 89.2 cm³/mol. The number of benzene rings is 1. The highest BCUT2D eigenvalue weighted by Gasteiger charge is 2.20. The van der Waals surface area contributed by atoms with Crippen LogP contribution < -0.4 is 5.32 Å². The van der Waals surface area contributed by atoms with Gasteiger partial charge < -0.3 is 10.1 Å². The molecule has 0 spiro atoms. The third-order valence-electron chi connectivity index (χ3n) is 2.80. The third kappa shape index (κ3) is 4.82. The van der Waals surface area contributed by atoms with Gasteiger partial charge in [-0.2, -0.15) is 0 Å². The number of esters is 1. The van der Waals surface area contributed by atoms with Crippen molar-refractivity contribution in [2.24, 2.45) is 0 Å². The number of amides is 1. The molecule has 120 valence electrons. The van der Waals surface area contributed by atoms with Gasteiger partial charge in [-0.1, -0.05) is 34.8 Å².